The molecule has 0 bridgehead atoms. The average Bonchev–Trinajstić information content (AvgIpc) is 3.12. The summed E-state index contributed by atoms with van der Waals surface area (Å²) in [6.07, 6.45) is -1.93. The molecule has 1 aromatic heterocycles. The quantitative estimate of drug-likeness (QED) is 0.614. The van der Waals surface area contributed by atoms with Gasteiger partial charge in [-0.15, -0.1) is 0 Å². The summed E-state index contributed by atoms with van der Waals surface area (Å²) in [6.45, 7) is 6.14. The van der Waals surface area contributed by atoms with Crippen molar-refractivity contribution in [3.8, 4) is 0 Å². The van der Waals surface area contributed by atoms with Crippen LogP contribution in [0, 0.1) is 11.3 Å². The Balaban J connectivity index is 0.000000454. The number of hydrogen-bond donors (Lipinski definition) is 1. The molecule has 0 aromatic carbocycles. The largest absolute Gasteiger partial charge is 0.490 e. The number of carboxylic acids is 1. The number of carbonyl (C=O) groups is 2. The van der Waals surface area contributed by atoms with Crippen LogP contribution in [0.5, 0.6) is 0 Å². The van der Waals surface area contributed by atoms with E-state index in [2.05, 4.69) is 9.88 Å². The molecule has 0 radical (unpaired) electrons. The van der Waals surface area contributed by atoms with Crippen LogP contribution < -0.4 is 4.90 Å². The highest BCUT2D eigenvalue weighted by Gasteiger charge is 2.55. The molecule has 3 fully saturated rings. The number of carbonyl (C=O) groups excluding carboxylic acids is 1. The smallest absolute Gasteiger partial charge is 0.475 e. The summed E-state index contributed by atoms with van der Waals surface area (Å²) in [7, 11) is -3.29. The summed E-state index contributed by atoms with van der Waals surface area (Å²) in [5, 5.41) is 7.12. The van der Waals surface area contributed by atoms with Gasteiger partial charge >= 0.3 is 12.1 Å². The third kappa shape index (κ3) is 6.27. The lowest BCUT2D eigenvalue weighted by Gasteiger charge is -2.38. The van der Waals surface area contributed by atoms with Gasteiger partial charge in [-0.05, 0) is 31.9 Å². The number of ether oxygens (including phenoxy) is 1. The number of pyridine rings is 1. The van der Waals surface area contributed by atoms with Crippen molar-refractivity contribution in [3.63, 3.8) is 0 Å². The molecule has 3 aliphatic heterocycles. The van der Waals surface area contributed by atoms with E-state index in [0.717, 1.165) is 5.82 Å². The maximum Gasteiger partial charge on any atom is 0.490 e. The molecule has 4 heterocycles. The van der Waals surface area contributed by atoms with Crippen LogP contribution in [0.2, 0.25) is 0 Å². The first kappa shape index (κ1) is 28.1. The number of aliphatic carboxylic acids is 1. The van der Waals surface area contributed by atoms with E-state index in [4.69, 9.17) is 14.6 Å². The van der Waals surface area contributed by atoms with Crippen LogP contribution in [-0.4, -0.2) is 104 Å². The molecule has 2 atom stereocenters. The van der Waals surface area contributed by atoms with Gasteiger partial charge in [0.25, 0.3) is 0 Å². The Kier molecular flexibility index (Phi) is 8.83. The number of hydrogen-bond acceptors (Lipinski definition) is 7. The van der Waals surface area contributed by atoms with Crippen LogP contribution >= 0.6 is 0 Å². The van der Waals surface area contributed by atoms with Crippen LogP contribution in [0.4, 0.5) is 19.0 Å². The number of anilines is 1. The SMILES string of the molecule is CCS(=O)(=O)N1CCC[C@]2(C(=O)N3CCOCC3)CN(c3ccccn3)C[C@@H]2C1.O=C(O)C(F)(F)F. The molecule has 14 heteroatoms. The molecule has 4 rings (SSSR count). The van der Waals surface area contributed by atoms with Crippen LogP contribution in [-0.2, 0) is 24.3 Å². The van der Waals surface area contributed by atoms with Crippen molar-refractivity contribution >= 4 is 27.7 Å². The standard InChI is InChI=1S/C20H30N4O4S.C2HF3O2/c1-2-29(26,27)24-9-5-7-20(19(25)22-10-12-28-13-11-22)16-23(14-17(20)15-24)18-6-3-4-8-21-18;3-2(4,5)1(6)7/h3-4,6,8,17H,2,5,7,9-16H2,1H3;(H,6,7)/t17-,20+;/m1./s1. The van der Waals surface area contributed by atoms with Gasteiger partial charge in [0.1, 0.15) is 5.82 Å². The molecule has 3 aliphatic rings. The lowest BCUT2D eigenvalue weighted by molar-refractivity contribution is -0.192. The summed E-state index contributed by atoms with van der Waals surface area (Å²) in [5.41, 5.74) is -0.577. The molecule has 0 aliphatic carbocycles. The number of amides is 1. The summed E-state index contributed by atoms with van der Waals surface area (Å²) in [6, 6.07) is 5.78. The zero-order valence-corrected chi connectivity index (χ0v) is 20.8. The molecular weight excluding hydrogens is 505 g/mol. The summed E-state index contributed by atoms with van der Waals surface area (Å²) < 4.78 is 64.0. The van der Waals surface area contributed by atoms with E-state index >= 15 is 0 Å². The highest BCUT2D eigenvalue weighted by atomic mass is 32.2. The molecule has 1 N–H and O–H groups in total. The normalized spacial score (nSPS) is 25.4. The molecule has 1 amide bonds. The third-order valence-corrected chi connectivity index (χ3v) is 8.70. The molecule has 202 valence electrons. The Morgan fingerprint density at radius 2 is 1.86 bits per heavy atom. The van der Waals surface area contributed by atoms with Crippen LogP contribution in [0.3, 0.4) is 0 Å². The number of morpholine rings is 1. The van der Waals surface area contributed by atoms with Crippen molar-refractivity contribution in [1.29, 1.82) is 0 Å². The molecule has 0 saturated carbocycles. The third-order valence-electron chi connectivity index (χ3n) is 6.85. The predicted molar refractivity (Wildman–Crippen MR) is 124 cm³/mol. The molecule has 3 saturated heterocycles. The van der Waals surface area contributed by atoms with Gasteiger partial charge in [-0.25, -0.2) is 22.5 Å². The minimum Gasteiger partial charge on any atom is -0.475 e. The molecule has 0 unspecified atom stereocenters. The zero-order valence-electron chi connectivity index (χ0n) is 20.0. The molecule has 36 heavy (non-hydrogen) atoms. The van der Waals surface area contributed by atoms with E-state index in [9.17, 15) is 26.4 Å². The van der Waals surface area contributed by atoms with E-state index in [1.165, 1.54) is 0 Å². The van der Waals surface area contributed by atoms with Crippen LogP contribution in [0.25, 0.3) is 0 Å². The van der Waals surface area contributed by atoms with Crippen molar-refractivity contribution < 1.29 is 41.0 Å². The summed E-state index contributed by atoms with van der Waals surface area (Å²) in [5.74, 6) is -1.72. The second-order valence-electron chi connectivity index (χ2n) is 8.99. The Morgan fingerprint density at radius 1 is 1.19 bits per heavy atom. The van der Waals surface area contributed by atoms with Crippen LogP contribution in [0.15, 0.2) is 24.4 Å². The number of rotatable bonds is 4. The van der Waals surface area contributed by atoms with Gasteiger partial charge in [0, 0.05) is 51.4 Å². The highest BCUT2D eigenvalue weighted by molar-refractivity contribution is 7.89. The monoisotopic (exact) mass is 536 g/mol. The second-order valence-corrected chi connectivity index (χ2v) is 11.2. The van der Waals surface area contributed by atoms with Gasteiger partial charge in [-0.1, -0.05) is 6.07 Å². The molecule has 0 spiro atoms. The van der Waals surface area contributed by atoms with E-state index < -0.39 is 27.6 Å². The van der Waals surface area contributed by atoms with E-state index in [1.54, 1.807) is 17.4 Å². The lowest BCUT2D eigenvalue weighted by Crippen LogP contribution is -2.53. The Morgan fingerprint density at radius 3 is 2.42 bits per heavy atom. The fourth-order valence-electron chi connectivity index (χ4n) is 4.98. The topological polar surface area (TPSA) is 120 Å². The first-order chi connectivity index (χ1) is 16.9. The van der Waals surface area contributed by atoms with Gasteiger partial charge in [-0.3, -0.25) is 4.79 Å². The summed E-state index contributed by atoms with van der Waals surface area (Å²) in [4.78, 5) is 31.2. The van der Waals surface area contributed by atoms with Gasteiger partial charge in [0.15, 0.2) is 0 Å². The molecule has 1 aromatic rings. The molecule has 10 nitrogen and oxygen atoms in total. The summed E-state index contributed by atoms with van der Waals surface area (Å²) >= 11 is 0. The minimum absolute atomic E-state index is 0.0522. The molecular formula is C22H31F3N4O6S. The number of halogens is 3. The second kappa shape index (κ2) is 11.3. The lowest BCUT2D eigenvalue weighted by atomic mass is 9.73. The van der Waals surface area contributed by atoms with Gasteiger partial charge in [-0.2, -0.15) is 13.2 Å². The predicted octanol–water partition coefficient (Wildman–Crippen LogP) is 1.44. The van der Waals surface area contributed by atoms with Gasteiger partial charge < -0.3 is 19.6 Å². The number of sulfonamides is 1. The maximum atomic E-state index is 13.8. The number of fused-ring (bicyclic) bond motifs is 1. The Hall–Kier alpha value is -2.45. The number of aromatic nitrogens is 1. The van der Waals surface area contributed by atoms with E-state index in [0.29, 0.717) is 65.3 Å². The first-order valence-electron chi connectivity index (χ1n) is 11.7. The van der Waals surface area contributed by atoms with E-state index in [-0.39, 0.29) is 17.6 Å². The number of carboxylic acid groups (broad SMARTS) is 1. The maximum absolute atomic E-state index is 13.8. The van der Waals surface area contributed by atoms with Crippen molar-refractivity contribution in [2.24, 2.45) is 11.3 Å². The fraction of sp³-hybridized carbons (Fsp3) is 0.682. The Labute approximate surface area is 208 Å². The van der Waals surface area contributed by atoms with E-state index in [1.807, 2.05) is 23.1 Å². The highest BCUT2D eigenvalue weighted by Crippen LogP contribution is 2.45. The van der Waals surface area contributed by atoms with Gasteiger partial charge in [0.2, 0.25) is 15.9 Å². The minimum atomic E-state index is -5.08. The zero-order chi connectivity index (χ0) is 26.6. The van der Waals surface area contributed by atoms with Crippen molar-refractivity contribution in [3.05, 3.63) is 24.4 Å². The average molecular weight is 537 g/mol. The van der Waals surface area contributed by atoms with Crippen molar-refractivity contribution in [2.45, 2.75) is 25.9 Å². The number of alkyl halides is 3. The van der Waals surface area contributed by atoms with Crippen molar-refractivity contribution in [2.75, 3.05) is 63.1 Å². The fourth-order valence-corrected chi connectivity index (χ4v) is 6.16. The first-order valence-corrected chi connectivity index (χ1v) is 13.3. The van der Waals surface area contributed by atoms with Crippen molar-refractivity contribution in [1.82, 2.24) is 14.2 Å². The van der Waals surface area contributed by atoms with Crippen LogP contribution in [0.1, 0.15) is 19.8 Å². The van der Waals surface area contributed by atoms with Gasteiger partial charge in [0.05, 0.1) is 24.4 Å². The number of nitrogens with zero attached hydrogens (tertiary/aromatic N) is 4. The Bertz CT molecular complexity index is 1020.